The molecule has 2 bridgehead atoms. The van der Waals surface area contributed by atoms with Gasteiger partial charge in [-0.15, -0.1) is 11.3 Å². The molecule has 5 heterocycles. The molecule has 0 saturated carbocycles. The van der Waals surface area contributed by atoms with E-state index in [1.165, 1.54) is 44.6 Å². The molecule has 140 valence electrons. The Morgan fingerprint density at radius 2 is 1.92 bits per heavy atom. The van der Waals surface area contributed by atoms with Crippen molar-refractivity contribution in [3.8, 4) is 0 Å². The lowest BCUT2D eigenvalue weighted by atomic mass is 9.95. The Labute approximate surface area is 162 Å². The Kier molecular flexibility index (Phi) is 5.72. The molecule has 0 unspecified atom stereocenters. The van der Waals surface area contributed by atoms with Gasteiger partial charge in [0.15, 0.2) is 0 Å². The zero-order valence-electron chi connectivity index (χ0n) is 16.1. The van der Waals surface area contributed by atoms with Gasteiger partial charge in [0.25, 0.3) is 0 Å². The average molecular weight is 370 g/mol. The van der Waals surface area contributed by atoms with Gasteiger partial charge in [-0.3, -0.25) is 14.8 Å². The van der Waals surface area contributed by atoms with Crippen molar-refractivity contribution in [2.24, 2.45) is 11.8 Å². The van der Waals surface area contributed by atoms with Crippen LogP contribution in [0.25, 0.3) is 0 Å². The molecule has 2 aromatic heterocycles. The van der Waals surface area contributed by atoms with Crippen LogP contribution in [-0.4, -0.2) is 40.5 Å². The Morgan fingerprint density at radius 3 is 2.73 bits per heavy atom. The number of hydrogen-bond acceptors (Lipinski definition) is 4. The van der Waals surface area contributed by atoms with Gasteiger partial charge in [0.2, 0.25) is 0 Å². The third-order valence-corrected chi connectivity index (χ3v) is 6.79. The fourth-order valence-electron chi connectivity index (χ4n) is 4.54. The number of thiophene rings is 1. The molecule has 0 spiro atoms. The van der Waals surface area contributed by atoms with Crippen LogP contribution in [0.3, 0.4) is 0 Å². The van der Waals surface area contributed by atoms with E-state index in [1.807, 2.05) is 23.6 Å². The third-order valence-electron chi connectivity index (χ3n) is 5.70. The molecule has 3 aliphatic heterocycles. The first-order chi connectivity index (χ1) is 12.7. The highest BCUT2D eigenvalue weighted by Crippen LogP contribution is 2.31. The minimum atomic E-state index is 0.702. The Morgan fingerprint density at radius 1 is 1.04 bits per heavy atom. The first kappa shape index (κ1) is 18.1. The molecule has 3 aliphatic rings. The summed E-state index contributed by atoms with van der Waals surface area (Å²) in [6, 6.07) is 11.7. The monoisotopic (exact) mass is 369 g/mol. The molecular formula is C22H31N3S. The standard InChI is InChI=1S/C22H31N3S/c1-17(2)11-21-8-9-22(26-21)16-25-13-18-6-7-20(25)15-24(12-18)14-19-5-3-4-10-23-19/h3-5,8-10,17-18,20H,6-7,11-16H2,1-2H3/t18-,20+/m0/s1. The predicted octanol–water partition coefficient (Wildman–Crippen LogP) is 4.44. The maximum atomic E-state index is 4.53. The molecule has 3 nitrogen and oxygen atoms in total. The molecule has 0 aliphatic carbocycles. The molecule has 3 saturated heterocycles. The molecule has 2 aromatic rings. The van der Waals surface area contributed by atoms with E-state index in [9.17, 15) is 0 Å². The number of nitrogens with zero attached hydrogens (tertiary/aromatic N) is 3. The van der Waals surface area contributed by atoms with E-state index >= 15 is 0 Å². The Hall–Kier alpha value is -1.23. The fourth-order valence-corrected chi connectivity index (χ4v) is 5.80. The molecule has 0 aromatic carbocycles. The second kappa shape index (κ2) is 8.20. The molecule has 26 heavy (non-hydrogen) atoms. The molecule has 0 N–H and O–H groups in total. The summed E-state index contributed by atoms with van der Waals surface area (Å²) in [5, 5.41) is 0. The molecule has 3 fully saturated rings. The minimum absolute atomic E-state index is 0.702. The fraction of sp³-hybridized carbons (Fsp3) is 0.591. The SMILES string of the molecule is CC(C)Cc1ccc(CN2C[C@H]3CC[C@@H]2CN(Cc2ccccn2)C3)s1. The third kappa shape index (κ3) is 4.54. The van der Waals surface area contributed by atoms with Crippen molar-refractivity contribution >= 4 is 11.3 Å². The van der Waals surface area contributed by atoms with Crippen molar-refractivity contribution in [2.75, 3.05) is 19.6 Å². The van der Waals surface area contributed by atoms with Gasteiger partial charge in [-0.25, -0.2) is 0 Å². The van der Waals surface area contributed by atoms with Gasteiger partial charge >= 0.3 is 0 Å². The van der Waals surface area contributed by atoms with Crippen molar-refractivity contribution in [3.05, 3.63) is 52.0 Å². The molecule has 0 radical (unpaired) electrons. The van der Waals surface area contributed by atoms with Gasteiger partial charge in [-0.1, -0.05) is 19.9 Å². The second-order valence-corrected chi connectivity index (χ2v) is 9.76. The highest BCUT2D eigenvalue weighted by Gasteiger charge is 2.34. The van der Waals surface area contributed by atoms with Crippen molar-refractivity contribution in [1.82, 2.24) is 14.8 Å². The number of piperidine rings is 1. The zero-order chi connectivity index (χ0) is 17.9. The van der Waals surface area contributed by atoms with Crippen molar-refractivity contribution in [2.45, 2.75) is 52.2 Å². The van der Waals surface area contributed by atoms with Crippen LogP contribution in [0.5, 0.6) is 0 Å². The first-order valence-corrected chi connectivity index (χ1v) is 10.9. The summed E-state index contributed by atoms with van der Waals surface area (Å²) in [5.74, 6) is 1.56. The van der Waals surface area contributed by atoms with Gasteiger partial charge in [0.05, 0.1) is 5.69 Å². The molecular weight excluding hydrogens is 338 g/mol. The number of pyridine rings is 1. The number of aromatic nitrogens is 1. The maximum absolute atomic E-state index is 4.53. The number of rotatable bonds is 6. The first-order valence-electron chi connectivity index (χ1n) is 10.1. The van der Waals surface area contributed by atoms with Crippen LogP contribution >= 0.6 is 11.3 Å². The van der Waals surface area contributed by atoms with E-state index in [0.29, 0.717) is 6.04 Å². The van der Waals surface area contributed by atoms with Crippen molar-refractivity contribution in [1.29, 1.82) is 0 Å². The van der Waals surface area contributed by atoms with Crippen LogP contribution in [0.15, 0.2) is 36.5 Å². The van der Waals surface area contributed by atoms with E-state index < -0.39 is 0 Å². The highest BCUT2D eigenvalue weighted by atomic mass is 32.1. The van der Waals surface area contributed by atoms with E-state index in [0.717, 1.165) is 24.9 Å². The van der Waals surface area contributed by atoms with Gasteiger partial charge < -0.3 is 0 Å². The Balaban J connectivity index is 1.39. The quantitative estimate of drug-likeness (QED) is 0.750. The van der Waals surface area contributed by atoms with Gasteiger partial charge in [0.1, 0.15) is 0 Å². The van der Waals surface area contributed by atoms with Crippen LogP contribution in [-0.2, 0) is 19.5 Å². The molecule has 4 heteroatoms. The summed E-state index contributed by atoms with van der Waals surface area (Å²) in [6.45, 7) is 10.4. The highest BCUT2D eigenvalue weighted by molar-refractivity contribution is 7.11. The lowest BCUT2D eigenvalue weighted by Crippen LogP contribution is -2.43. The molecule has 2 atom stereocenters. The summed E-state index contributed by atoms with van der Waals surface area (Å²) in [6.07, 6.45) is 5.88. The van der Waals surface area contributed by atoms with Gasteiger partial charge in [-0.05, 0) is 55.4 Å². The summed E-state index contributed by atoms with van der Waals surface area (Å²) in [5.41, 5.74) is 1.21. The summed E-state index contributed by atoms with van der Waals surface area (Å²) < 4.78 is 0. The summed E-state index contributed by atoms with van der Waals surface area (Å²) >= 11 is 2.03. The van der Waals surface area contributed by atoms with Gasteiger partial charge in [0, 0.05) is 54.7 Å². The largest absolute Gasteiger partial charge is 0.296 e. The number of hydrogen-bond donors (Lipinski definition) is 0. The van der Waals surface area contributed by atoms with Crippen LogP contribution < -0.4 is 0 Å². The van der Waals surface area contributed by atoms with Crippen molar-refractivity contribution < 1.29 is 0 Å². The lowest BCUT2D eigenvalue weighted by molar-refractivity contribution is 0.124. The van der Waals surface area contributed by atoms with Crippen LogP contribution in [0.1, 0.15) is 42.1 Å². The zero-order valence-corrected chi connectivity index (χ0v) is 16.9. The molecule has 0 amide bonds. The van der Waals surface area contributed by atoms with Crippen molar-refractivity contribution in [3.63, 3.8) is 0 Å². The van der Waals surface area contributed by atoms with E-state index in [4.69, 9.17) is 0 Å². The van der Waals surface area contributed by atoms with Crippen LogP contribution in [0.4, 0.5) is 0 Å². The molecule has 5 rings (SSSR count). The second-order valence-electron chi connectivity index (χ2n) is 8.51. The lowest BCUT2D eigenvalue weighted by Gasteiger charge is -2.35. The van der Waals surface area contributed by atoms with E-state index in [-0.39, 0.29) is 0 Å². The summed E-state index contributed by atoms with van der Waals surface area (Å²) in [4.78, 5) is 13.0. The van der Waals surface area contributed by atoms with Crippen LogP contribution in [0.2, 0.25) is 0 Å². The van der Waals surface area contributed by atoms with Crippen LogP contribution in [0, 0.1) is 11.8 Å². The average Bonchev–Trinajstić information content (AvgIpc) is 2.86. The van der Waals surface area contributed by atoms with Gasteiger partial charge in [-0.2, -0.15) is 0 Å². The minimum Gasteiger partial charge on any atom is -0.296 e. The Bertz CT molecular complexity index is 696. The predicted molar refractivity (Wildman–Crippen MR) is 109 cm³/mol. The summed E-state index contributed by atoms with van der Waals surface area (Å²) in [7, 11) is 0. The maximum Gasteiger partial charge on any atom is 0.0543 e. The topological polar surface area (TPSA) is 19.4 Å². The van der Waals surface area contributed by atoms with E-state index in [2.05, 4.69) is 52.9 Å². The number of fused-ring (bicyclic) bond motifs is 4. The normalized spacial score (nSPS) is 24.3. The van der Waals surface area contributed by atoms with E-state index in [1.54, 1.807) is 9.75 Å². The smallest absolute Gasteiger partial charge is 0.0543 e.